The molecule has 0 aliphatic rings. The van der Waals surface area contributed by atoms with Crippen LogP contribution >= 0.6 is 0 Å². The van der Waals surface area contributed by atoms with Gasteiger partial charge in [-0.1, -0.05) is 0 Å². The van der Waals surface area contributed by atoms with E-state index in [0.29, 0.717) is 32.0 Å². The molecule has 0 atom stereocenters. The fraction of sp³-hybridized carbons (Fsp3) is 0.455. The third kappa shape index (κ3) is 4.90. The van der Waals surface area contributed by atoms with Crippen LogP contribution in [0.25, 0.3) is 0 Å². The fourth-order valence-electron chi connectivity index (χ4n) is 1.17. The highest BCUT2D eigenvalue weighted by atomic mass is 16.5. The summed E-state index contributed by atoms with van der Waals surface area (Å²) in [4.78, 5) is 15.2. The maximum Gasteiger partial charge on any atom is 0.266 e. The van der Waals surface area contributed by atoms with Gasteiger partial charge in [-0.3, -0.25) is 15.2 Å². The lowest BCUT2D eigenvalue weighted by Crippen LogP contribution is -2.30. The van der Waals surface area contributed by atoms with Crippen LogP contribution in [0.4, 0.5) is 0 Å². The molecule has 94 valence electrons. The predicted molar refractivity (Wildman–Crippen MR) is 62.0 cm³/mol. The van der Waals surface area contributed by atoms with Crippen LogP contribution in [-0.4, -0.2) is 30.7 Å². The van der Waals surface area contributed by atoms with Gasteiger partial charge in [0, 0.05) is 12.8 Å². The molecule has 0 radical (unpaired) electrons. The minimum atomic E-state index is -0.360. The molecule has 1 heterocycles. The van der Waals surface area contributed by atoms with Crippen LogP contribution < -0.4 is 11.3 Å². The van der Waals surface area contributed by atoms with Crippen molar-refractivity contribution < 1.29 is 14.3 Å². The Morgan fingerprint density at radius 2 is 2.18 bits per heavy atom. The molecular formula is C11H17N3O3. The molecule has 0 saturated carbocycles. The molecule has 0 bridgehead atoms. The fourth-order valence-corrected chi connectivity index (χ4v) is 1.17. The monoisotopic (exact) mass is 239 g/mol. The summed E-state index contributed by atoms with van der Waals surface area (Å²) in [5.74, 6) is 4.64. The first-order chi connectivity index (χ1) is 8.27. The maximum atomic E-state index is 11.1. The number of carbonyl (C=O) groups is 1. The van der Waals surface area contributed by atoms with Crippen LogP contribution in [0.15, 0.2) is 18.3 Å². The van der Waals surface area contributed by atoms with Crippen LogP contribution in [0.1, 0.15) is 23.0 Å². The molecule has 1 rings (SSSR count). The van der Waals surface area contributed by atoms with Crippen molar-refractivity contribution in [1.82, 2.24) is 10.4 Å². The van der Waals surface area contributed by atoms with Crippen LogP contribution in [0, 0.1) is 0 Å². The summed E-state index contributed by atoms with van der Waals surface area (Å²) in [5.41, 5.74) is 3.22. The van der Waals surface area contributed by atoms with Gasteiger partial charge in [-0.15, -0.1) is 0 Å². The van der Waals surface area contributed by atoms with Gasteiger partial charge in [0.05, 0.1) is 31.1 Å². The van der Waals surface area contributed by atoms with Crippen molar-refractivity contribution in [2.24, 2.45) is 5.84 Å². The van der Waals surface area contributed by atoms with E-state index in [1.54, 1.807) is 12.1 Å². The van der Waals surface area contributed by atoms with Gasteiger partial charge >= 0.3 is 0 Å². The van der Waals surface area contributed by atoms with Gasteiger partial charge in [-0.25, -0.2) is 5.84 Å². The Morgan fingerprint density at radius 1 is 1.41 bits per heavy atom. The van der Waals surface area contributed by atoms with Gasteiger partial charge in [0.15, 0.2) is 0 Å². The molecule has 17 heavy (non-hydrogen) atoms. The maximum absolute atomic E-state index is 11.1. The van der Waals surface area contributed by atoms with E-state index >= 15 is 0 Å². The van der Waals surface area contributed by atoms with Crippen molar-refractivity contribution in [3.63, 3.8) is 0 Å². The first-order valence-electron chi connectivity index (χ1n) is 5.39. The summed E-state index contributed by atoms with van der Waals surface area (Å²) in [7, 11) is 0. The molecule has 1 aromatic heterocycles. The molecule has 0 saturated heterocycles. The first kappa shape index (κ1) is 13.6. The molecule has 0 unspecified atom stereocenters. The molecular weight excluding hydrogens is 222 g/mol. The zero-order valence-electron chi connectivity index (χ0n) is 9.81. The number of nitrogens with two attached hydrogens (primary N) is 1. The number of nitrogens with one attached hydrogen (secondary N) is 1. The number of rotatable bonds is 7. The molecule has 0 spiro atoms. The number of ether oxygens (including phenoxy) is 2. The second-order valence-electron chi connectivity index (χ2n) is 3.26. The molecule has 0 fully saturated rings. The number of hydrogen-bond donors (Lipinski definition) is 2. The summed E-state index contributed by atoms with van der Waals surface area (Å²) in [6.45, 7) is 4.12. The van der Waals surface area contributed by atoms with E-state index in [1.165, 1.54) is 6.20 Å². The van der Waals surface area contributed by atoms with Gasteiger partial charge in [0.2, 0.25) is 0 Å². The number of carbonyl (C=O) groups excluding carboxylic acids is 1. The standard InChI is InChI=1S/C11H17N3O3/c1-2-16-5-6-17-8-10-4-3-9(7-13-10)11(15)14-12/h3-4,7H,2,5-6,8,12H2,1H3,(H,14,15). The Morgan fingerprint density at radius 3 is 2.76 bits per heavy atom. The molecule has 6 heteroatoms. The quantitative estimate of drug-likeness (QED) is 0.308. The van der Waals surface area contributed by atoms with Crippen LogP contribution in [0.2, 0.25) is 0 Å². The van der Waals surface area contributed by atoms with Gasteiger partial charge in [-0.05, 0) is 19.1 Å². The second kappa shape index (κ2) is 7.72. The molecule has 3 N–H and O–H groups in total. The summed E-state index contributed by atoms with van der Waals surface area (Å²) in [6, 6.07) is 3.38. The van der Waals surface area contributed by atoms with Crippen LogP contribution in [-0.2, 0) is 16.1 Å². The highest BCUT2D eigenvalue weighted by molar-refractivity contribution is 5.93. The van der Waals surface area contributed by atoms with Crippen molar-refractivity contribution in [3.05, 3.63) is 29.6 Å². The number of aromatic nitrogens is 1. The average molecular weight is 239 g/mol. The number of amides is 1. The predicted octanol–water partition coefficient (Wildman–Crippen LogP) is 0.238. The summed E-state index contributed by atoms with van der Waals surface area (Å²) in [6.07, 6.45) is 1.46. The number of hydrogen-bond acceptors (Lipinski definition) is 5. The molecule has 1 aromatic rings. The summed E-state index contributed by atoms with van der Waals surface area (Å²) in [5, 5.41) is 0. The molecule has 0 aliphatic heterocycles. The van der Waals surface area contributed by atoms with Crippen LogP contribution in [0.3, 0.4) is 0 Å². The Balaban J connectivity index is 2.33. The molecule has 0 aromatic carbocycles. The van der Waals surface area contributed by atoms with E-state index in [4.69, 9.17) is 15.3 Å². The summed E-state index contributed by atoms with van der Waals surface area (Å²) >= 11 is 0. The van der Waals surface area contributed by atoms with Gasteiger partial charge in [0.1, 0.15) is 0 Å². The highest BCUT2D eigenvalue weighted by Crippen LogP contribution is 2.01. The lowest BCUT2D eigenvalue weighted by atomic mass is 10.2. The number of nitrogen functional groups attached to an aromatic ring is 1. The summed E-state index contributed by atoms with van der Waals surface area (Å²) < 4.78 is 10.5. The Hall–Kier alpha value is -1.50. The van der Waals surface area contributed by atoms with E-state index < -0.39 is 0 Å². The SMILES string of the molecule is CCOCCOCc1ccc(C(=O)NN)cn1. The van der Waals surface area contributed by atoms with E-state index in [9.17, 15) is 4.79 Å². The largest absolute Gasteiger partial charge is 0.379 e. The zero-order valence-corrected chi connectivity index (χ0v) is 9.81. The normalized spacial score (nSPS) is 10.2. The van der Waals surface area contributed by atoms with E-state index in [1.807, 2.05) is 12.3 Å². The molecule has 1 amide bonds. The van der Waals surface area contributed by atoms with Crippen molar-refractivity contribution in [3.8, 4) is 0 Å². The van der Waals surface area contributed by atoms with Crippen molar-refractivity contribution in [2.75, 3.05) is 19.8 Å². The Kier molecular flexibility index (Phi) is 6.16. The lowest BCUT2D eigenvalue weighted by molar-refractivity contribution is 0.0441. The van der Waals surface area contributed by atoms with Crippen molar-refractivity contribution >= 4 is 5.91 Å². The highest BCUT2D eigenvalue weighted by Gasteiger charge is 2.03. The molecule has 0 aliphatic carbocycles. The molecule has 6 nitrogen and oxygen atoms in total. The lowest BCUT2D eigenvalue weighted by Gasteiger charge is -2.04. The van der Waals surface area contributed by atoms with Gasteiger partial charge in [0.25, 0.3) is 5.91 Å². The van der Waals surface area contributed by atoms with Crippen LogP contribution in [0.5, 0.6) is 0 Å². The third-order valence-electron chi connectivity index (χ3n) is 2.04. The van der Waals surface area contributed by atoms with Gasteiger partial charge in [-0.2, -0.15) is 0 Å². The van der Waals surface area contributed by atoms with E-state index in [2.05, 4.69) is 4.98 Å². The minimum Gasteiger partial charge on any atom is -0.379 e. The average Bonchev–Trinajstić information content (AvgIpc) is 2.38. The van der Waals surface area contributed by atoms with Gasteiger partial charge < -0.3 is 9.47 Å². The number of pyridine rings is 1. The van der Waals surface area contributed by atoms with Crippen molar-refractivity contribution in [1.29, 1.82) is 0 Å². The Bertz CT molecular complexity index is 340. The smallest absolute Gasteiger partial charge is 0.266 e. The number of hydrazine groups is 1. The van der Waals surface area contributed by atoms with E-state index in [0.717, 1.165) is 5.69 Å². The third-order valence-corrected chi connectivity index (χ3v) is 2.04. The Labute approximate surface area is 100 Å². The van der Waals surface area contributed by atoms with Crippen molar-refractivity contribution in [2.45, 2.75) is 13.5 Å². The second-order valence-corrected chi connectivity index (χ2v) is 3.26. The minimum absolute atomic E-state index is 0.360. The first-order valence-corrected chi connectivity index (χ1v) is 5.39. The number of nitrogens with zero attached hydrogens (tertiary/aromatic N) is 1. The zero-order chi connectivity index (χ0) is 12.5. The van der Waals surface area contributed by atoms with E-state index in [-0.39, 0.29) is 5.91 Å². The topological polar surface area (TPSA) is 86.5 Å².